The van der Waals surface area contributed by atoms with E-state index in [2.05, 4.69) is 24.1 Å². The lowest BCUT2D eigenvalue weighted by atomic mass is 9.82. The Morgan fingerprint density at radius 1 is 0.950 bits per heavy atom. The number of esters is 2. The van der Waals surface area contributed by atoms with Crippen molar-refractivity contribution in [2.24, 2.45) is 5.92 Å². The number of ether oxygens (including phenoxy) is 4. The Kier molecular flexibility index (Phi) is 18.3. The van der Waals surface area contributed by atoms with E-state index < -0.39 is 66.3 Å². The molecule has 14 nitrogen and oxygen atoms in total. The van der Waals surface area contributed by atoms with Gasteiger partial charge in [-0.2, -0.15) is 0 Å². The number of hydrogen-bond donors (Lipinski definition) is 3. The van der Waals surface area contributed by atoms with Gasteiger partial charge in [0.15, 0.2) is 12.3 Å². The number of methoxy groups -OCH3 is 1. The SMILES string of the molecule is CC#CCOc1ccc(C[C@H](NC(=O)[C@@H](/C=C/CCCCCCC2(CCCCCCC)CO2)[C@@](O)(CC(=O)OCN2C(=O)c3ccccc3C2=O)C(=O)O)C(=O)OC)cc1. The van der Waals surface area contributed by atoms with Crippen LogP contribution in [0.1, 0.15) is 124 Å². The molecule has 0 radical (unpaired) electrons. The lowest BCUT2D eigenvalue weighted by Gasteiger charge is -2.30. The topological polar surface area (TPSA) is 198 Å². The van der Waals surface area contributed by atoms with Gasteiger partial charge in [0.25, 0.3) is 11.8 Å². The third-order valence-electron chi connectivity index (χ3n) is 10.8. The van der Waals surface area contributed by atoms with E-state index in [1.165, 1.54) is 50.3 Å². The number of unbranched alkanes of at least 4 members (excludes halogenated alkanes) is 8. The molecule has 324 valence electrons. The van der Waals surface area contributed by atoms with Gasteiger partial charge >= 0.3 is 17.9 Å². The number of amides is 3. The molecule has 4 atom stereocenters. The van der Waals surface area contributed by atoms with E-state index >= 15 is 0 Å². The smallest absolute Gasteiger partial charge is 0.337 e. The van der Waals surface area contributed by atoms with Crippen LogP contribution in [-0.2, 0) is 39.8 Å². The lowest BCUT2D eigenvalue weighted by molar-refractivity contribution is -0.174. The highest BCUT2D eigenvalue weighted by Crippen LogP contribution is 2.38. The maximum absolute atomic E-state index is 14.0. The summed E-state index contributed by atoms with van der Waals surface area (Å²) in [6.45, 7) is 4.04. The van der Waals surface area contributed by atoms with Crippen LogP contribution >= 0.6 is 0 Å². The van der Waals surface area contributed by atoms with E-state index in [1.54, 1.807) is 49.4 Å². The Bertz CT molecular complexity index is 1860. The quantitative estimate of drug-likeness (QED) is 0.0240. The second-order valence-corrected chi connectivity index (χ2v) is 15.3. The van der Waals surface area contributed by atoms with Crippen molar-refractivity contribution in [2.75, 3.05) is 27.1 Å². The van der Waals surface area contributed by atoms with Crippen molar-refractivity contribution in [3.63, 3.8) is 0 Å². The van der Waals surface area contributed by atoms with Gasteiger partial charge in [0.2, 0.25) is 5.91 Å². The number of carboxylic acid groups (broad SMARTS) is 1. The van der Waals surface area contributed by atoms with E-state index in [1.807, 2.05) is 0 Å². The molecule has 1 unspecified atom stereocenters. The molecule has 4 rings (SSSR count). The van der Waals surface area contributed by atoms with Gasteiger partial charge < -0.3 is 34.5 Å². The van der Waals surface area contributed by atoms with Crippen molar-refractivity contribution in [1.29, 1.82) is 0 Å². The van der Waals surface area contributed by atoms with Crippen LogP contribution in [0.4, 0.5) is 0 Å². The zero-order valence-corrected chi connectivity index (χ0v) is 34.9. The number of hydrogen-bond acceptors (Lipinski definition) is 11. The Balaban J connectivity index is 1.43. The summed E-state index contributed by atoms with van der Waals surface area (Å²) in [6, 6.07) is 11.4. The summed E-state index contributed by atoms with van der Waals surface area (Å²) in [7, 11) is 1.13. The summed E-state index contributed by atoms with van der Waals surface area (Å²) in [4.78, 5) is 79.2. The first-order valence-electron chi connectivity index (χ1n) is 20.7. The molecule has 2 aliphatic rings. The average molecular weight is 831 g/mol. The van der Waals surface area contributed by atoms with Crippen LogP contribution in [0.5, 0.6) is 5.75 Å². The van der Waals surface area contributed by atoms with Crippen molar-refractivity contribution in [2.45, 2.75) is 121 Å². The molecule has 0 aromatic heterocycles. The molecule has 60 heavy (non-hydrogen) atoms. The molecule has 2 heterocycles. The van der Waals surface area contributed by atoms with Crippen LogP contribution < -0.4 is 10.1 Å². The van der Waals surface area contributed by atoms with Crippen LogP contribution in [0.15, 0.2) is 60.7 Å². The van der Waals surface area contributed by atoms with Crippen molar-refractivity contribution in [3.8, 4) is 17.6 Å². The molecule has 2 aliphatic heterocycles. The fourth-order valence-corrected chi connectivity index (χ4v) is 7.15. The third kappa shape index (κ3) is 13.5. The number of rotatable bonds is 27. The van der Waals surface area contributed by atoms with E-state index in [0.717, 1.165) is 45.8 Å². The molecular formula is C46H58N2O12. The number of aliphatic hydroxyl groups is 1. The van der Waals surface area contributed by atoms with E-state index in [-0.39, 0.29) is 29.8 Å². The van der Waals surface area contributed by atoms with Gasteiger partial charge in [-0.05, 0) is 62.4 Å². The molecule has 0 aliphatic carbocycles. The minimum Gasteiger partial charge on any atom is -0.481 e. The molecule has 1 saturated heterocycles. The maximum atomic E-state index is 14.0. The molecule has 2 aromatic carbocycles. The fourth-order valence-electron chi connectivity index (χ4n) is 7.15. The number of benzene rings is 2. The van der Waals surface area contributed by atoms with Crippen LogP contribution in [0, 0.1) is 17.8 Å². The number of fused-ring (bicyclic) bond motifs is 1. The normalized spacial score (nSPS) is 17.5. The number of imide groups is 1. The number of epoxide rings is 1. The van der Waals surface area contributed by atoms with Crippen LogP contribution in [0.25, 0.3) is 0 Å². The highest BCUT2D eigenvalue weighted by atomic mass is 16.6. The van der Waals surface area contributed by atoms with Crippen LogP contribution in [0.2, 0.25) is 0 Å². The molecule has 3 N–H and O–H groups in total. The van der Waals surface area contributed by atoms with Crippen molar-refractivity contribution in [1.82, 2.24) is 10.2 Å². The number of nitrogens with one attached hydrogen (secondary N) is 1. The average Bonchev–Trinajstić information content (AvgIpc) is 3.97. The number of nitrogens with zero attached hydrogens (tertiary/aromatic N) is 1. The zero-order valence-electron chi connectivity index (χ0n) is 34.9. The standard InChI is InChI=1S/C46H58N2O12/c1-4-6-8-12-17-26-45(31-60-45)27-18-13-10-9-11-14-21-37(40(50)47-38(43(53)57-3)29-33-22-24-34(25-23-33)58-28-7-5-2)46(56,44(54)55)30-39(49)59-32-48-41(51)35-19-15-16-20-36(35)42(48)52/h14-16,19-25,37-38,56H,4,6,8-13,17-18,26-32H2,1-3H3,(H,47,50)(H,54,55)/b21-14+/t37-,38+,45?,46+/m1/s1. The molecule has 0 saturated carbocycles. The van der Waals surface area contributed by atoms with Crippen LogP contribution in [0.3, 0.4) is 0 Å². The fraction of sp³-hybridized carbons (Fsp3) is 0.522. The van der Waals surface area contributed by atoms with Gasteiger partial charge in [-0.15, -0.1) is 5.92 Å². The number of carbonyl (C=O) groups is 6. The second-order valence-electron chi connectivity index (χ2n) is 15.3. The van der Waals surface area contributed by atoms with Gasteiger partial charge in [-0.3, -0.25) is 19.2 Å². The van der Waals surface area contributed by atoms with E-state index in [4.69, 9.17) is 18.9 Å². The molecule has 3 amide bonds. The van der Waals surface area contributed by atoms with Gasteiger partial charge in [-0.25, -0.2) is 14.5 Å². The zero-order chi connectivity index (χ0) is 43.5. The number of carboxylic acids is 1. The van der Waals surface area contributed by atoms with Crippen LogP contribution in [-0.4, -0.2) is 95.0 Å². The minimum absolute atomic E-state index is 0.0173. The summed E-state index contributed by atoms with van der Waals surface area (Å²) >= 11 is 0. The van der Waals surface area contributed by atoms with Gasteiger partial charge in [0, 0.05) is 6.42 Å². The molecule has 14 heteroatoms. The predicted molar refractivity (Wildman–Crippen MR) is 221 cm³/mol. The summed E-state index contributed by atoms with van der Waals surface area (Å²) in [5.41, 5.74) is -2.23. The summed E-state index contributed by atoms with van der Waals surface area (Å²) in [5.74, 6) is -2.37. The first-order chi connectivity index (χ1) is 28.9. The summed E-state index contributed by atoms with van der Waals surface area (Å²) < 4.78 is 21.4. The summed E-state index contributed by atoms with van der Waals surface area (Å²) in [5, 5.41) is 24.6. The minimum atomic E-state index is -3.07. The Hall–Kier alpha value is -5.52. The number of aliphatic carboxylic acids is 1. The number of carbonyl (C=O) groups excluding carboxylic acids is 5. The predicted octanol–water partition coefficient (Wildman–Crippen LogP) is 5.93. The highest BCUT2D eigenvalue weighted by Gasteiger charge is 2.50. The van der Waals surface area contributed by atoms with E-state index in [0.29, 0.717) is 29.1 Å². The molecule has 0 spiro atoms. The summed E-state index contributed by atoms with van der Waals surface area (Å²) in [6.07, 6.45) is 13.6. The van der Waals surface area contributed by atoms with Gasteiger partial charge in [0.1, 0.15) is 18.4 Å². The first-order valence-corrected chi connectivity index (χ1v) is 20.7. The van der Waals surface area contributed by atoms with Crippen molar-refractivity contribution >= 4 is 35.6 Å². The van der Waals surface area contributed by atoms with Crippen molar-refractivity contribution in [3.05, 3.63) is 77.4 Å². The monoisotopic (exact) mass is 830 g/mol. The third-order valence-corrected chi connectivity index (χ3v) is 10.8. The maximum Gasteiger partial charge on any atom is 0.337 e. The number of allylic oxidation sites excluding steroid dienone is 1. The Morgan fingerprint density at radius 3 is 2.13 bits per heavy atom. The molecule has 1 fully saturated rings. The van der Waals surface area contributed by atoms with Gasteiger partial charge in [-0.1, -0.05) is 101 Å². The molecule has 2 aromatic rings. The van der Waals surface area contributed by atoms with Gasteiger partial charge in [0.05, 0.1) is 42.8 Å². The second kappa shape index (κ2) is 23.3. The molecule has 0 bridgehead atoms. The largest absolute Gasteiger partial charge is 0.481 e. The Morgan fingerprint density at radius 2 is 1.57 bits per heavy atom. The first kappa shape index (κ1) is 47.2. The molecular weight excluding hydrogens is 773 g/mol. The lowest BCUT2D eigenvalue weighted by Crippen LogP contribution is -2.55. The van der Waals surface area contributed by atoms with Crippen molar-refractivity contribution < 1.29 is 57.9 Å². The Labute approximate surface area is 352 Å². The highest BCUT2D eigenvalue weighted by molar-refractivity contribution is 6.21. The van der Waals surface area contributed by atoms with E-state index in [9.17, 15) is 39.0 Å².